The summed E-state index contributed by atoms with van der Waals surface area (Å²) in [5, 5.41) is 2.02. The van der Waals surface area contributed by atoms with Crippen molar-refractivity contribution >= 4 is 48.6 Å². The van der Waals surface area contributed by atoms with Gasteiger partial charge in [-0.25, -0.2) is 8.42 Å². The molecule has 0 spiro atoms. The number of sulfonamides is 1. The molecule has 1 saturated heterocycles. The van der Waals surface area contributed by atoms with Crippen molar-refractivity contribution in [3.8, 4) is 0 Å². The van der Waals surface area contributed by atoms with Crippen LogP contribution in [0.5, 0.6) is 0 Å². The Hall–Kier alpha value is -0.210. The molecule has 0 aliphatic carbocycles. The molecule has 1 atom stereocenters. The van der Waals surface area contributed by atoms with Gasteiger partial charge in [0, 0.05) is 11.4 Å². The van der Waals surface area contributed by atoms with Gasteiger partial charge in [-0.15, -0.1) is 22.7 Å². The summed E-state index contributed by atoms with van der Waals surface area (Å²) in [5.74, 6) is 0. The van der Waals surface area contributed by atoms with Crippen LogP contribution < -0.4 is 0 Å². The van der Waals surface area contributed by atoms with Crippen molar-refractivity contribution in [2.45, 2.75) is 35.9 Å². The highest BCUT2D eigenvalue weighted by Gasteiger charge is 2.34. The molecule has 0 amide bonds. The molecule has 3 heterocycles. The van der Waals surface area contributed by atoms with Crippen LogP contribution >= 0.6 is 38.6 Å². The lowest BCUT2D eigenvalue weighted by Crippen LogP contribution is -2.34. The number of halogens is 1. The Bertz CT molecular complexity index is 694. The van der Waals surface area contributed by atoms with E-state index in [4.69, 9.17) is 0 Å². The zero-order chi connectivity index (χ0) is 14.9. The predicted molar refractivity (Wildman–Crippen MR) is 91.4 cm³/mol. The van der Waals surface area contributed by atoms with Crippen LogP contribution in [-0.4, -0.2) is 19.3 Å². The van der Waals surface area contributed by atoms with E-state index in [1.807, 2.05) is 17.5 Å². The van der Waals surface area contributed by atoms with Gasteiger partial charge in [0.2, 0.25) is 0 Å². The van der Waals surface area contributed by atoms with E-state index in [9.17, 15) is 8.42 Å². The van der Waals surface area contributed by atoms with E-state index in [-0.39, 0.29) is 6.04 Å². The lowest BCUT2D eigenvalue weighted by Gasteiger charge is -2.27. The molecule has 1 fully saturated rings. The van der Waals surface area contributed by atoms with Crippen LogP contribution in [-0.2, 0) is 10.0 Å². The highest BCUT2D eigenvalue weighted by molar-refractivity contribution is 9.11. The zero-order valence-electron chi connectivity index (χ0n) is 11.4. The Labute approximate surface area is 141 Å². The van der Waals surface area contributed by atoms with E-state index in [2.05, 4.69) is 15.9 Å². The smallest absolute Gasteiger partial charge is 0.206 e. The normalized spacial score (nSPS) is 21.3. The highest BCUT2D eigenvalue weighted by atomic mass is 79.9. The maximum atomic E-state index is 13.0. The first-order chi connectivity index (χ1) is 10.1. The van der Waals surface area contributed by atoms with Crippen molar-refractivity contribution in [1.82, 2.24) is 4.31 Å². The Morgan fingerprint density at radius 1 is 1.19 bits per heavy atom. The third-order valence-electron chi connectivity index (χ3n) is 3.69. The van der Waals surface area contributed by atoms with E-state index in [1.54, 1.807) is 27.8 Å². The number of nitrogens with zero attached hydrogens (tertiary/aromatic N) is 1. The average molecular weight is 406 g/mol. The summed E-state index contributed by atoms with van der Waals surface area (Å²) in [4.78, 5) is 1.15. The molecule has 0 N–H and O–H groups in total. The van der Waals surface area contributed by atoms with Crippen LogP contribution in [0.2, 0.25) is 0 Å². The monoisotopic (exact) mass is 405 g/mol. The van der Waals surface area contributed by atoms with Crippen LogP contribution in [0, 0.1) is 0 Å². The fourth-order valence-corrected chi connectivity index (χ4v) is 7.44. The largest absolute Gasteiger partial charge is 0.253 e. The van der Waals surface area contributed by atoms with Crippen molar-refractivity contribution < 1.29 is 8.42 Å². The standard InChI is InChI=1S/C14H16BrNO2S3/c15-13-7-8-14(20-13)21(17,18)16-9-3-1-2-5-11(16)12-6-4-10-19-12/h4,6-8,10-11H,1-3,5,9H2. The first-order valence-electron chi connectivity index (χ1n) is 6.89. The van der Waals surface area contributed by atoms with E-state index in [1.165, 1.54) is 11.3 Å². The summed E-state index contributed by atoms with van der Waals surface area (Å²) in [7, 11) is -3.41. The topological polar surface area (TPSA) is 37.4 Å². The molecule has 1 unspecified atom stereocenters. The molecule has 7 heteroatoms. The van der Waals surface area contributed by atoms with Crippen molar-refractivity contribution in [2.75, 3.05) is 6.54 Å². The molecule has 3 rings (SSSR count). The Morgan fingerprint density at radius 3 is 2.71 bits per heavy atom. The molecule has 114 valence electrons. The molecular weight excluding hydrogens is 390 g/mol. The molecule has 0 saturated carbocycles. The second kappa shape index (κ2) is 6.50. The van der Waals surface area contributed by atoms with Crippen molar-refractivity contribution in [1.29, 1.82) is 0 Å². The van der Waals surface area contributed by atoms with Crippen LogP contribution in [0.25, 0.3) is 0 Å². The number of rotatable bonds is 3. The molecular formula is C14H16BrNO2S3. The van der Waals surface area contributed by atoms with Crippen molar-refractivity contribution in [2.24, 2.45) is 0 Å². The fraction of sp³-hybridized carbons (Fsp3) is 0.429. The second-order valence-corrected chi connectivity index (χ2v) is 10.6. The van der Waals surface area contributed by atoms with E-state index < -0.39 is 10.0 Å². The lowest BCUT2D eigenvalue weighted by molar-refractivity contribution is 0.334. The van der Waals surface area contributed by atoms with Gasteiger partial charge in [-0.1, -0.05) is 18.9 Å². The molecule has 3 nitrogen and oxygen atoms in total. The third-order valence-corrected chi connectivity index (χ3v) is 8.66. The van der Waals surface area contributed by atoms with E-state index >= 15 is 0 Å². The summed E-state index contributed by atoms with van der Waals surface area (Å²) >= 11 is 6.29. The van der Waals surface area contributed by atoms with Gasteiger partial charge in [0.15, 0.2) is 0 Å². The lowest BCUT2D eigenvalue weighted by atomic mass is 10.1. The van der Waals surface area contributed by atoms with Gasteiger partial charge >= 0.3 is 0 Å². The maximum absolute atomic E-state index is 13.0. The summed E-state index contributed by atoms with van der Waals surface area (Å²) in [5.41, 5.74) is 0. The molecule has 0 aromatic carbocycles. The molecule has 2 aromatic rings. The SMILES string of the molecule is O=S(=O)(c1ccc(Br)s1)N1CCCCCC1c1cccs1. The summed E-state index contributed by atoms with van der Waals surface area (Å²) < 4.78 is 28.9. The van der Waals surface area contributed by atoms with Gasteiger partial charge in [0.1, 0.15) is 4.21 Å². The minimum Gasteiger partial charge on any atom is -0.206 e. The summed E-state index contributed by atoms with van der Waals surface area (Å²) in [6.07, 6.45) is 4.03. The summed E-state index contributed by atoms with van der Waals surface area (Å²) in [6, 6.07) is 7.53. The van der Waals surface area contributed by atoms with Crippen LogP contribution in [0.1, 0.15) is 36.6 Å². The van der Waals surface area contributed by atoms with E-state index in [0.717, 1.165) is 34.3 Å². The molecule has 2 aromatic heterocycles. The molecule has 0 bridgehead atoms. The Balaban J connectivity index is 1.99. The van der Waals surface area contributed by atoms with Gasteiger partial charge in [0.25, 0.3) is 10.0 Å². The third kappa shape index (κ3) is 3.27. The average Bonchev–Trinajstić information content (AvgIpc) is 3.06. The molecule has 0 radical (unpaired) electrons. The van der Waals surface area contributed by atoms with Gasteiger partial charge in [-0.3, -0.25) is 0 Å². The second-order valence-electron chi connectivity index (χ2n) is 5.05. The number of hydrogen-bond donors (Lipinski definition) is 0. The van der Waals surface area contributed by atoms with Crippen molar-refractivity contribution in [3.63, 3.8) is 0 Å². The minimum absolute atomic E-state index is 0.0154. The van der Waals surface area contributed by atoms with E-state index in [0.29, 0.717) is 10.8 Å². The quantitative estimate of drug-likeness (QED) is 0.729. The van der Waals surface area contributed by atoms with Gasteiger partial charge in [0.05, 0.1) is 9.83 Å². The van der Waals surface area contributed by atoms with Gasteiger partial charge in [-0.2, -0.15) is 4.31 Å². The van der Waals surface area contributed by atoms with Gasteiger partial charge < -0.3 is 0 Å². The molecule has 1 aliphatic heterocycles. The summed E-state index contributed by atoms with van der Waals surface area (Å²) in [6.45, 7) is 0.612. The first-order valence-corrected chi connectivity index (χ1v) is 10.8. The number of thiophene rings is 2. The van der Waals surface area contributed by atoms with Crippen LogP contribution in [0.4, 0.5) is 0 Å². The number of hydrogen-bond acceptors (Lipinski definition) is 4. The molecule has 1 aliphatic rings. The maximum Gasteiger partial charge on any atom is 0.253 e. The van der Waals surface area contributed by atoms with Crippen LogP contribution in [0.15, 0.2) is 37.6 Å². The first kappa shape index (κ1) is 15.7. The Morgan fingerprint density at radius 2 is 2.05 bits per heavy atom. The zero-order valence-corrected chi connectivity index (χ0v) is 15.4. The predicted octanol–water partition coefficient (Wildman–Crippen LogP) is 4.88. The minimum atomic E-state index is -3.41. The molecule has 21 heavy (non-hydrogen) atoms. The van der Waals surface area contributed by atoms with Crippen molar-refractivity contribution in [3.05, 3.63) is 38.3 Å². The van der Waals surface area contributed by atoms with Gasteiger partial charge in [-0.05, 0) is 52.4 Å². The highest BCUT2D eigenvalue weighted by Crippen LogP contribution is 2.38. The van der Waals surface area contributed by atoms with Crippen LogP contribution in [0.3, 0.4) is 0 Å². The Kier molecular flexibility index (Phi) is 4.85. The fourth-order valence-electron chi connectivity index (χ4n) is 2.69.